The van der Waals surface area contributed by atoms with Crippen LogP contribution >= 0.6 is 0 Å². The van der Waals surface area contributed by atoms with Crippen molar-refractivity contribution in [1.29, 1.82) is 0 Å². The molecule has 0 radical (unpaired) electrons. The van der Waals surface area contributed by atoms with Gasteiger partial charge in [0.05, 0.1) is 24.8 Å². The van der Waals surface area contributed by atoms with Gasteiger partial charge in [0, 0.05) is 20.0 Å². The molecule has 9 nitrogen and oxygen atoms in total. The monoisotopic (exact) mass is 601 g/mol. The Labute approximate surface area is 252 Å². The number of carbonyl (C=O) groups is 2. The minimum Gasteiger partial charge on any atom is -0.497 e. The maximum absolute atomic E-state index is 14.3. The highest BCUT2D eigenvalue weighted by Crippen LogP contribution is 2.33. The van der Waals surface area contributed by atoms with Gasteiger partial charge >= 0.3 is 0 Å². The highest BCUT2D eigenvalue weighted by Gasteiger charge is 2.35. The number of ether oxygens (including phenoxy) is 2. The molecule has 0 saturated carbocycles. The van der Waals surface area contributed by atoms with Crippen LogP contribution in [0.25, 0.3) is 0 Å². The van der Waals surface area contributed by atoms with Gasteiger partial charge in [0.2, 0.25) is 11.8 Å². The summed E-state index contributed by atoms with van der Waals surface area (Å²) in [6, 6.07) is 30.2. The first kappa shape index (κ1) is 31.1. The molecule has 10 heteroatoms. The zero-order chi connectivity index (χ0) is 30.8. The van der Waals surface area contributed by atoms with E-state index in [2.05, 4.69) is 5.32 Å². The van der Waals surface area contributed by atoms with Crippen LogP contribution in [0, 0.1) is 0 Å². The second-order valence-corrected chi connectivity index (χ2v) is 11.5. The van der Waals surface area contributed by atoms with E-state index in [-0.39, 0.29) is 35.2 Å². The third-order valence-corrected chi connectivity index (χ3v) is 8.77. The average Bonchev–Trinajstić information content (AvgIpc) is 3.05. The van der Waals surface area contributed by atoms with E-state index in [4.69, 9.17) is 9.47 Å². The van der Waals surface area contributed by atoms with Crippen LogP contribution in [-0.4, -0.2) is 59.0 Å². The lowest BCUT2D eigenvalue weighted by Crippen LogP contribution is -2.53. The Morgan fingerprint density at radius 3 is 1.93 bits per heavy atom. The van der Waals surface area contributed by atoms with E-state index in [1.165, 1.54) is 50.4 Å². The third-order valence-electron chi connectivity index (χ3n) is 6.99. The lowest BCUT2D eigenvalue weighted by atomic mass is 10.0. The van der Waals surface area contributed by atoms with Gasteiger partial charge in [-0.2, -0.15) is 0 Å². The molecular formula is C33H35N3O6S. The van der Waals surface area contributed by atoms with Crippen molar-refractivity contribution >= 4 is 27.5 Å². The van der Waals surface area contributed by atoms with Crippen LogP contribution in [-0.2, 0) is 32.6 Å². The number of likely N-dealkylation sites (N-methyl/N-ethyl adjacent to an activating group) is 1. The minimum absolute atomic E-state index is 0.0336. The second kappa shape index (κ2) is 14.4. The largest absolute Gasteiger partial charge is 0.497 e. The number of para-hydroxylation sites is 2. The van der Waals surface area contributed by atoms with Crippen molar-refractivity contribution < 1.29 is 27.5 Å². The molecule has 0 heterocycles. The second-order valence-electron chi connectivity index (χ2n) is 9.69. The molecular weight excluding hydrogens is 566 g/mol. The molecule has 0 aliphatic heterocycles. The summed E-state index contributed by atoms with van der Waals surface area (Å²) in [5.41, 5.74) is 1.84. The number of anilines is 1. The van der Waals surface area contributed by atoms with Gasteiger partial charge in [0.25, 0.3) is 10.0 Å². The molecule has 4 aromatic rings. The van der Waals surface area contributed by atoms with Crippen LogP contribution in [0.5, 0.6) is 11.5 Å². The number of sulfonamides is 1. The zero-order valence-corrected chi connectivity index (χ0v) is 25.2. The first-order chi connectivity index (χ1) is 20.8. The van der Waals surface area contributed by atoms with Crippen molar-refractivity contribution in [2.24, 2.45) is 0 Å². The number of carbonyl (C=O) groups excluding carboxylic acids is 2. The van der Waals surface area contributed by atoms with E-state index in [9.17, 15) is 18.0 Å². The van der Waals surface area contributed by atoms with Gasteiger partial charge in [-0.05, 0) is 47.5 Å². The summed E-state index contributed by atoms with van der Waals surface area (Å²) < 4.78 is 40.0. The quantitative estimate of drug-likeness (QED) is 0.245. The number of nitrogens with one attached hydrogen (secondary N) is 1. The number of hydrogen-bond acceptors (Lipinski definition) is 6. The fourth-order valence-electron chi connectivity index (χ4n) is 4.72. The summed E-state index contributed by atoms with van der Waals surface area (Å²) in [6.07, 6.45) is 0.235. The molecule has 0 aliphatic rings. The zero-order valence-electron chi connectivity index (χ0n) is 24.3. The number of benzene rings is 4. The Balaban J connectivity index is 1.80. The van der Waals surface area contributed by atoms with Crippen molar-refractivity contribution in [2.45, 2.75) is 23.9 Å². The highest BCUT2D eigenvalue weighted by molar-refractivity contribution is 7.92. The number of amides is 2. The Hall–Kier alpha value is -4.83. The van der Waals surface area contributed by atoms with Crippen molar-refractivity contribution in [1.82, 2.24) is 10.2 Å². The lowest BCUT2D eigenvalue weighted by Gasteiger charge is -2.33. The standard InChI is InChI=1S/C33H35N3O6S/c1-34-33(38)30(22-25-12-6-4-7-13-25)35(23-26-14-8-5-9-15-26)32(37)24-36(29-16-10-11-17-31(29)42-3)43(39,40)28-20-18-27(41-2)19-21-28/h4-21,30H,22-24H2,1-3H3,(H,34,38)/t30-/m0/s1. The van der Waals surface area contributed by atoms with Gasteiger partial charge in [-0.3, -0.25) is 13.9 Å². The normalized spacial score (nSPS) is 11.7. The molecule has 4 rings (SSSR count). The Bertz CT molecular complexity index is 1610. The van der Waals surface area contributed by atoms with E-state index in [0.717, 1.165) is 15.4 Å². The molecule has 224 valence electrons. The number of hydrogen-bond donors (Lipinski definition) is 1. The summed E-state index contributed by atoms with van der Waals surface area (Å²) >= 11 is 0. The van der Waals surface area contributed by atoms with Crippen LogP contribution in [0.15, 0.2) is 114 Å². The van der Waals surface area contributed by atoms with E-state index in [1.807, 2.05) is 60.7 Å². The van der Waals surface area contributed by atoms with Crippen LogP contribution in [0.3, 0.4) is 0 Å². The van der Waals surface area contributed by atoms with Gasteiger partial charge in [-0.25, -0.2) is 8.42 Å². The SMILES string of the molecule is CNC(=O)[C@H](Cc1ccccc1)N(Cc1ccccc1)C(=O)CN(c1ccccc1OC)S(=O)(=O)c1ccc(OC)cc1. The van der Waals surface area contributed by atoms with Gasteiger partial charge in [0.1, 0.15) is 24.1 Å². The summed E-state index contributed by atoms with van der Waals surface area (Å²) in [5.74, 6) is -0.164. The molecule has 0 bridgehead atoms. The molecule has 0 aromatic heterocycles. The summed E-state index contributed by atoms with van der Waals surface area (Å²) in [5, 5.41) is 2.68. The van der Waals surface area contributed by atoms with Crippen LogP contribution in [0.2, 0.25) is 0 Å². The average molecular weight is 602 g/mol. The van der Waals surface area contributed by atoms with Gasteiger partial charge in [-0.1, -0.05) is 72.8 Å². The molecule has 1 N–H and O–H groups in total. The minimum atomic E-state index is -4.27. The van der Waals surface area contributed by atoms with E-state index < -0.39 is 28.5 Å². The summed E-state index contributed by atoms with van der Waals surface area (Å²) in [6.45, 7) is -0.489. The van der Waals surface area contributed by atoms with Gasteiger partial charge in [-0.15, -0.1) is 0 Å². The van der Waals surface area contributed by atoms with Crippen molar-refractivity contribution in [3.05, 3.63) is 120 Å². The number of nitrogens with zero attached hydrogens (tertiary/aromatic N) is 2. The predicted octanol–water partition coefficient (Wildman–Crippen LogP) is 4.29. The first-order valence-electron chi connectivity index (χ1n) is 13.7. The van der Waals surface area contributed by atoms with Crippen molar-refractivity contribution in [3.63, 3.8) is 0 Å². The molecule has 0 aliphatic carbocycles. The van der Waals surface area contributed by atoms with E-state index >= 15 is 0 Å². The predicted molar refractivity (Wildman–Crippen MR) is 166 cm³/mol. The molecule has 43 heavy (non-hydrogen) atoms. The van der Waals surface area contributed by atoms with Crippen LogP contribution < -0.4 is 19.1 Å². The van der Waals surface area contributed by atoms with Gasteiger partial charge < -0.3 is 19.7 Å². The molecule has 0 fully saturated rings. The molecule has 4 aromatic carbocycles. The molecule has 1 atom stereocenters. The van der Waals surface area contributed by atoms with E-state index in [1.54, 1.807) is 24.3 Å². The Morgan fingerprint density at radius 1 is 0.767 bits per heavy atom. The smallest absolute Gasteiger partial charge is 0.264 e. The van der Waals surface area contributed by atoms with Crippen molar-refractivity contribution in [2.75, 3.05) is 32.1 Å². The molecule has 0 unspecified atom stereocenters. The lowest BCUT2D eigenvalue weighted by molar-refractivity contribution is -0.139. The fourth-order valence-corrected chi connectivity index (χ4v) is 6.15. The topological polar surface area (TPSA) is 105 Å². The summed E-state index contributed by atoms with van der Waals surface area (Å²) in [4.78, 5) is 29.1. The molecule has 0 saturated heterocycles. The van der Waals surface area contributed by atoms with Crippen molar-refractivity contribution in [3.8, 4) is 11.5 Å². The van der Waals surface area contributed by atoms with E-state index in [0.29, 0.717) is 5.75 Å². The van der Waals surface area contributed by atoms with Gasteiger partial charge in [0.15, 0.2) is 0 Å². The summed E-state index contributed by atoms with van der Waals surface area (Å²) in [7, 11) is 0.162. The maximum atomic E-state index is 14.3. The highest BCUT2D eigenvalue weighted by atomic mass is 32.2. The van der Waals surface area contributed by atoms with Crippen LogP contribution in [0.1, 0.15) is 11.1 Å². The Morgan fingerprint density at radius 2 is 1.35 bits per heavy atom. The number of rotatable bonds is 13. The molecule has 0 spiro atoms. The molecule has 2 amide bonds. The maximum Gasteiger partial charge on any atom is 0.264 e. The third kappa shape index (κ3) is 7.52. The fraction of sp³-hybridized carbons (Fsp3) is 0.212. The number of methoxy groups -OCH3 is 2. The van der Waals surface area contributed by atoms with Crippen LogP contribution in [0.4, 0.5) is 5.69 Å². The Kier molecular flexibility index (Phi) is 10.4. The first-order valence-corrected chi connectivity index (χ1v) is 15.1.